The molecule has 0 unspecified atom stereocenters. The lowest BCUT2D eigenvalue weighted by Gasteiger charge is -1.80. The van der Waals surface area contributed by atoms with E-state index in [4.69, 9.17) is 27.6 Å². The first-order valence-corrected chi connectivity index (χ1v) is 3.20. The van der Waals surface area contributed by atoms with Gasteiger partial charge in [0.25, 0.3) is 0 Å². The van der Waals surface area contributed by atoms with E-state index >= 15 is 0 Å². The Balaban J connectivity index is 2.96. The molecule has 2 bridgehead atoms. The largest absolute Gasteiger partial charge is 0.454 e. The molecule has 0 aromatic carbocycles. The van der Waals surface area contributed by atoms with Gasteiger partial charge in [-0.25, -0.2) is 0 Å². The molecule has 0 saturated carbocycles. The third-order valence-electron chi connectivity index (χ3n) is 1.19. The van der Waals surface area contributed by atoms with Crippen LogP contribution in [0.2, 0.25) is 10.0 Å². The highest BCUT2D eigenvalue weighted by molar-refractivity contribution is 6.40. The maximum absolute atomic E-state index is 5.66. The highest BCUT2D eigenvalue weighted by Gasteiger charge is 2.09. The molecule has 0 N–H and O–H groups in total. The monoisotopic (exact) mass is 160 g/mol. The molecule has 0 atom stereocenters. The van der Waals surface area contributed by atoms with Gasteiger partial charge in [-0.1, -0.05) is 23.2 Å². The van der Waals surface area contributed by atoms with Gasteiger partial charge in [-0.05, 0) is 0 Å². The van der Waals surface area contributed by atoms with Gasteiger partial charge in [0.2, 0.25) is 0 Å². The lowest BCUT2D eigenvalue weighted by Crippen LogP contribution is -1.57. The number of benzene rings is 1. The molecule has 1 nitrogen and oxygen atoms in total. The summed E-state index contributed by atoms with van der Waals surface area (Å²) >= 11 is 11.3. The van der Waals surface area contributed by atoms with Crippen molar-refractivity contribution in [1.29, 1.82) is 0 Å². The Morgan fingerprint density at radius 3 is 1.89 bits per heavy atom. The highest BCUT2D eigenvalue weighted by Crippen LogP contribution is 2.33. The number of rotatable bonds is 0. The molecule has 0 saturated heterocycles. The van der Waals surface area contributed by atoms with Crippen molar-refractivity contribution >= 4 is 34.4 Å². The van der Waals surface area contributed by atoms with Crippen LogP contribution in [-0.2, 0) is 0 Å². The quantitative estimate of drug-likeness (QED) is 0.578. The Bertz CT molecular complexity index is 299. The summed E-state index contributed by atoms with van der Waals surface area (Å²) in [5.74, 6) is 0. The molecule has 0 aliphatic carbocycles. The van der Waals surface area contributed by atoms with E-state index in [1.807, 2.05) is 0 Å². The molecular weight excluding hydrogens is 159 g/mol. The van der Waals surface area contributed by atoms with E-state index in [1.165, 1.54) is 0 Å². The minimum atomic E-state index is 0.591. The standard InChI is InChI=1S/C6H2Cl2O/c7-4-1-3-2-5(8)6(4)9-3/h1-2H. The molecule has 0 spiro atoms. The molecule has 0 aliphatic heterocycles. The smallest absolute Gasteiger partial charge is 0.164 e. The molecule has 0 radical (unpaired) electrons. The second kappa shape index (κ2) is 1.55. The van der Waals surface area contributed by atoms with Crippen molar-refractivity contribution in [2.24, 2.45) is 0 Å². The van der Waals surface area contributed by atoms with Crippen LogP contribution in [-0.4, -0.2) is 0 Å². The van der Waals surface area contributed by atoms with Gasteiger partial charge in [-0.15, -0.1) is 0 Å². The van der Waals surface area contributed by atoms with Crippen LogP contribution in [0.1, 0.15) is 0 Å². The second-order valence-electron chi connectivity index (χ2n) is 1.82. The zero-order valence-electron chi connectivity index (χ0n) is 4.32. The summed E-state index contributed by atoms with van der Waals surface area (Å²) in [6.45, 7) is 0. The van der Waals surface area contributed by atoms with Crippen molar-refractivity contribution in [3.05, 3.63) is 22.2 Å². The Kier molecular flexibility index (Phi) is 0.930. The lowest BCUT2D eigenvalue weighted by molar-refractivity contribution is 0.675. The average molecular weight is 161 g/mol. The third-order valence-corrected chi connectivity index (χ3v) is 1.75. The van der Waals surface area contributed by atoms with Crippen molar-refractivity contribution in [2.75, 3.05) is 0 Å². The maximum atomic E-state index is 5.66. The van der Waals surface area contributed by atoms with Crippen LogP contribution < -0.4 is 0 Å². The van der Waals surface area contributed by atoms with Gasteiger partial charge >= 0.3 is 0 Å². The number of furan rings is 2. The summed E-state index contributed by atoms with van der Waals surface area (Å²) in [7, 11) is 0. The predicted octanol–water partition coefficient (Wildman–Crippen LogP) is 3.18. The predicted molar refractivity (Wildman–Crippen MR) is 37.4 cm³/mol. The molecule has 9 heavy (non-hydrogen) atoms. The van der Waals surface area contributed by atoms with Crippen LogP contribution in [0.25, 0.3) is 11.2 Å². The van der Waals surface area contributed by atoms with E-state index < -0.39 is 0 Å². The topological polar surface area (TPSA) is 13.1 Å². The van der Waals surface area contributed by atoms with E-state index in [1.54, 1.807) is 12.1 Å². The van der Waals surface area contributed by atoms with Crippen LogP contribution in [0.4, 0.5) is 0 Å². The molecule has 3 heteroatoms. The Morgan fingerprint density at radius 1 is 1.11 bits per heavy atom. The third kappa shape index (κ3) is 0.620. The Hall–Kier alpha value is -0.400. The van der Waals surface area contributed by atoms with Crippen molar-refractivity contribution in [1.82, 2.24) is 0 Å². The maximum Gasteiger partial charge on any atom is 0.164 e. The fourth-order valence-corrected chi connectivity index (χ4v) is 1.36. The molecule has 0 aliphatic rings. The number of halogens is 2. The second-order valence-corrected chi connectivity index (χ2v) is 2.63. The minimum absolute atomic E-state index is 0.591. The fourth-order valence-electron chi connectivity index (χ4n) is 0.811. The SMILES string of the molecule is Clc1cc2cc(Cl)c1o2. The summed E-state index contributed by atoms with van der Waals surface area (Å²) in [6.07, 6.45) is 0. The lowest BCUT2D eigenvalue weighted by atomic mass is 10.4. The summed E-state index contributed by atoms with van der Waals surface area (Å²) in [4.78, 5) is 0. The summed E-state index contributed by atoms with van der Waals surface area (Å²) in [6, 6.07) is 3.48. The van der Waals surface area contributed by atoms with E-state index in [9.17, 15) is 0 Å². The Morgan fingerprint density at radius 2 is 1.67 bits per heavy atom. The van der Waals surface area contributed by atoms with E-state index in [2.05, 4.69) is 0 Å². The van der Waals surface area contributed by atoms with Gasteiger partial charge in [0, 0.05) is 12.1 Å². The van der Waals surface area contributed by atoms with E-state index in [0.717, 1.165) is 5.58 Å². The van der Waals surface area contributed by atoms with Gasteiger partial charge in [0.1, 0.15) is 5.58 Å². The highest BCUT2D eigenvalue weighted by atomic mass is 35.5. The summed E-state index contributed by atoms with van der Waals surface area (Å²) in [5.41, 5.74) is 1.33. The van der Waals surface area contributed by atoms with Gasteiger partial charge in [0.15, 0.2) is 5.58 Å². The van der Waals surface area contributed by atoms with Crippen molar-refractivity contribution < 1.29 is 4.42 Å². The number of fused-ring (bicyclic) bond motifs is 2. The average Bonchev–Trinajstić information content (AvgIpc) is 2.22. The fraction of sp³-hybridized carbons (Fsp3) is 0. The van der Waals surface area contributed by atoms with Gasteiger partial charge in [-0.3, -0.25) is 0 Å². The van der Waals surface area contributed by atoms with Crippen molar-refractivity contribution in [3.63, 3.8) is 0 Å². The minimum Gasteiger partial charge on any atom is -0.454 e. The summed E-state index contributed by atoms with van der Waals surface area (Å²) < 4.78 is 5.08. The first kappa shape index (κ1) is 5.39. The zero-order chi connectivity index (χ0) is 6.43. The van der Waals surface area contributed by atoms with Gasteiger partial charge in [0.05, 0.1) is 10.0 Å². The van der Waals surface area contributed by atoms with Gasteiger partial charge in [-0.2, -0.15) is 0 Å². The molecule has 0 fully saturated rings. The first-order chi connectivity index (χ1) is 4.27. The molecule has 2 aromatic heterocycles. The Labute approximate surface area is 61.5 Å². The molecule has 2 heterocycles. The molecule has 46 valence electrons. The molecule has 2 rings (SSSR count). The van der Waals surface area contributed by atoms with Crippen LogP contribution in [0.15, 0.2) is 16.5 Å². The first-order valence-electron chi connectivity index (χ1n) is 2.44. The van der Waals surface area contributed by atoms with E-state index in [-0.39, 0.29) is 0 Å². The van der Waals surface area contributed by atoms with Crippen molar-refractivity contribution in [3.8, 4) is 0 Å². The van der Waals surface area contributed by atoms with Crippen LogP contribution in [0.5, 0.6) is 0 Å². The van der Waals surface area contributed by atoms with Crippen LogP contribution in [0, 0.1) is 0 Å². The number of hydrogen-bond acceptors (Lipinski definition) is 1. The zero-order valence-corrected chi connectivity index (χ0v) is 5.83. The molecule has 2 aromatic rings. The molecule has 0 amide bonds. The summed E-state index contributed by atoms with van der Waals surface area (Å²) in [5, 5.41) is 1.19. The van der Waals surface area contributed by atoms with Crippen molar-refractivity contribution in [2.45, 2.75) is 0 Å². The van der Waals surface area contributed by atoms with Crippen LogP contribution >= 0.6 is 23.2 Å². The van der Waals surface area contributed by atoms with E-state index in [0.29, 0.717) is 15.6 Å². The number of hydrogen-bond donors (Lipinski definition) is 0. The van der Waals surface area contributed by atoms with Crippen LogP contribution in [0.3, 0.4) is 0 Å². The van der Waals surface area contributed by atoms with Gasteiger partial charge < -0.3 is 4.42 Å². The normalized spacial score (nSPS) is 11.3. The molecular formula is C6H2Cl2O.